The van der Waals surface area contributed by atoms with Crippen LogP contribution in [0.4, 0.5) is 15.8 Å². The van der Waals surface area contributed by atoms with Gasteiger partial charge in [0.05, 0.1) is 16.6 Å². The highest BCUT2D eigenvalue weighted by atomic mass is 35.5. The van der Waals surface area contributed by atoms with Gasteiger partial charge in [-0.1, -0.05) is 23.7 Å². The van der Waals surface area contributed by atoms with Crippen LogP contribution in [-0.2, 0) is 9.59 Å². The van der Waals surface area contributed by atoms with Gasteiger partial charge >= 0.3 is 0 Å². The molecule has 0 spiro atoms. The normalized spacial score (nSPS) is 17.0. The van der Waals surface area contributed by atoms with Gasteiger partial charge in [-0.25, -0.2) is 4.39 Å². The molecule has 0 radical (unpaired) electrons. The number of benzene rings is 2. The van der Waals surface area contributed by atoms with Gasteiger partial charge < -0.3 is 9.80 Å². The van der Waals surface area contributed by atoms with Crippen molar-refractivity contribution in [3.63, 3.8) is 0 Å². The number of nitrogens with zero attached hydrogens (tertiary/aromatic N) is 2. The first kappa shape index (κ1) is 17.4. The van der Waals surface area contributed by atoms with Crippen LogP contribution in [0.1, 0.15) is 13.3 Å². The molecule has 2 aromatic rings. The molecule has 25 heavy (non-hydrogen) atoms. The average molecular weight is 361 g/mol. The van der Waals surface area contributed by atoms with Gasteiger partial charge in [0, 0.05) is 25.2 Å². The van der Waals surface area contributed by atoms with Gasteiger partial charge in [0.2, 0.25) is 11.8 Å². The van der Waals surface area contributed by atoms with Crippen LogP contribution >= 0.6 is 11.6 Å². The third kappa shape index (κ3) is 3.51. The lowest BCUT2D eigenvalue weighted by atomic mass is 10.1. The van der Waals surface area contributed by atoms with Crippen LogP contribution in [0.15, 0.2) is 48.5 Å². The summed E-state index contributed by atoms with van der Waals surface area (Å²) in [5.74, 6) is -1.07. The smallest absolute Gasteiger partial charge is 0.232 e. The molecule has 1 unspecified atom stereocenters. The molecule has 3 rings (SSSR count). The molecule has 130 valence electrons. The predicted molar refractivity (Wildman–Crippen MR) is 96.3 cm³/mol. The molecule has 0 saturated carbocycles. The number of hydrogen-bond donors (Lipinski definition) is 0. The topological polar surface area (TPSA) is 40.6 Å². The number of amides is 2. The van der Waals surface area contributed by atoms with Crippen LogP contribution in [0, 0.1) is 11.7 Å². The number of carbonyl (C=O) groups excluding carboxylic acids is 2. The van der Waals surface area contributed by atoms with Crippen molar-refractivity contribution in [2.45, 2.75) is 13.3 Å². The van der Waals surface area contributed by atoms with Gasteiger partial charge in [0.1, 0.15) is 5.82 Å². The summed E-state index contributed by atoms with van der Waals surface area (Å²) in [4.78, 5) is 28.4. The molecule has 1 saturated heterocycles. The van der Waals surface area contributed by atoms with Crippen LogP contribution in [0.25, 0.3) is 0 Å². The maximum Gasteiger partial charge on any atom is 0.232 e. The maximum atomic E-state index is 13.1. The standard InChI is InChI=1S/C19H18ClFN2O2/c1-2-22(15-9-7-14(21)8-10-15)19(25)13-11-18(24)23(12-13)17-6-4-3-5-16(17)20/h3-10,13H,2,11-12H2,1H3. The molecule has 6 heteroatoms. The molecule has 4 nitrogen and oxygen atoms in total. The molecule has 0 aliphatic carbocycles. The first-order valence-corrected chi connectivity index (χ1v) is 8.51. The maximum absolute atomic E-state index is 13.1. The van der Waals surface area contributed by atoms with Crippen LogP contribution < -0.4 is 9.80 Å². The van der Waals surface area contributed by atoms with Crippen LogP contribution in [-0.4, -0.2) is 24.9 Å². The first-order chi connectivity index (χ1) is 12.0. The number of para-hydroxylation sites is 1. The Bertz CT molecular complexity index is 794. The van der Waals surface area contributed by atoms with Gasteiger partial charge in [0.15, 0.2) is 0 Å². The summed E-state index contributed by atoms with van der Waals surface area (Å²) in [5.41, 5.74) is 1.24. The molecule has 0 bridgehead atoms. The molecule has 0 aromatic heterocycles. The second-order valence-corrected chi connectivity index (χ2v) is 6.32. The zero-order valence-electron chi connectivity index (χ0n) is 13.8. The minimum atomic E-state index is -0.450. The third-order valence-electron chi connectivity index (χ3n) is 4.34. The molecule has 1 aliphatic rings. The Labute approximate surface area is 150 Å². The summed E-state index contributed by atoms with van der Waals surface area (Å²) < 4.78 is 13.1. The molecule has 1 fully saturated rings. The quantitative estimate of drug-likeness (QED) is 0.830. The van der Waals surface area contributed by atoms with Crippen molar-refractivity contribution in [1.29, 1.82) is 0 Å². The highest BCUT2D eigenvalue weighted by molar-refractivity contribution is 6.33. The minimum absolute atomic E-state index is 0.124. The van der Waals surface area contributed by atoms with Crippen molar-refractivity contribution in [2.75, 3.05) is 22.9 Å². The van der Waals surface area contributed by atoms with Crippen molar-refractivity contribution in [3.8, 4) is 0 Å². The molecular weight excluding hydrogens is 343 g/mol. The SMILES string of the molecule is CCN(C(=O)C1CC(=O)N(c2ccccc2Cl)C1)c1ccc(F)cc1. The zero-order valence-corrected chi connectivity index (χ0v) is 14.5. The highest BCUT2D eigenvalue weighted by Crippen LogP contribution is 2.32. The predicted octanol–water partition coefficient (Wildman–Crippen LogP) is 3.89. The van der Waals surface area contributed by atoms with Gasteiger partial charge in [-0.15, -0.1) is 0 Å². The molecule has 0 N–H and O–H groups in total. The molecule has 1 atom stereocenters. The van der Waals surface area contributed by atoms with E-state index in [2.05, 4.69) is 0 Å². The first-order valence-electron chi connectivity index (χ1n) is 8.13. The van der Waals surface area contributed by atoms with E-state index in [0.717, 1.165) is 0 Å². The summed E-state index contributed by atoms with van der Waals surface area (Å²) in [6.07, 6.45) is 0.141. The minimum Gasteiger partial charge on any atom is -0.312 e. The van der Waals surface area contributed by atoms with E-state index in [1.54, 1.807) is 46.2 Å². The lowest BCUT2D eigenvalue weighted by Crippen LogP contribution is -2.37. The van der Waals surface area contributed by atoms with E-state index in [4.69, 9.17) is 11.6 Å². The van der Waals surface area contributed by atoms with Crippen molar-refractivity contribution in [2.24, 2.45) is 5.92 Å². The monoisotopic (exact) mass is 360 g/mol. The van der Waals surface area contributed by atoms with E-state index in [0.29, 0.717) is 29.5 Å². The Morgan fingerprint density at radius 3 is 2.56 bits per heavy atom. The van der Waals surface area contributed by atoms with Gasteiger partial charge in [-0.3, -0.25) is 9.59 Å². The van der Waals surface area contributed by atoms with Crippen LogP contribution in [0.2, 0.25) is 5.02 Å². The van der Waals surface area contributed by atoms with E-state index in [9.17, 15) is 14.0 Å². The Kier molecular flexibility index (Phi) is 5.04. The Balaban J connectivity index is 1.80. The van der Waals surface area contributed by atoms with E-state index in [-0.39, 0.29) is 24.1 Å². The Hall–Kier alpha value is -2.40. The van der Waals surface area contributed by atoms with E-state index in [1.807, 2.05) is 6.92 Å². The Morgan fingerprint density at radius 2 is 1.92 bits per heavy atom. The fraction of sp³-hybridized carbons (Fsp3) is 0.263. The largest absolute Gasteiger partial charge is 0.312 e. The van der Waals surface area contributed by atoms with Crippen molar-refractivity contribution >= 4 is 34.8 Å². The van der Waals surface area contributed by atoms with E-state index >= 15 is 0 Å². The molecular formula is C19H18ClFN2O2. The van der Waals surface area contributed by atoms with Gasteiger partial charge in [-0.2, -0.15) is 0 Å². The lowest BCUT2D eigenvalue weighted by molar-refractivity contribution is -0.124. The zero-order chi connectivity index (χ0) is 18.0. The summed E-state index contributed by atoms with van der Waals surface area (Å²) in [6, 6.07) is 12.9. The van der Waals surface area contributed by atoms with Gasteiger partial charge in [-0.05, 0) is 43.3 Å². The molecule has 1 aliphatic heterocycles. The average Bonchev–Trinajstić information content (AvgIpc) is 2.99. The van der Waals surface area contributed by atoms with Gasteiger partial charge in [0.25, 0.3) is 0 Å². The lowest BCUT2D eigenvalue weighted by Gasteiger charge is -2.24. The molecule has 2 amide bonds. The summed E-state index contributed by atoms with van der Waals surface area (Å²) in [5, 5.41) is 0.481. The fourth-order valence-electron chi connectivity index (χ4n) is 3.08. The third-order valence-corrected chi connectivity index (χ3v) is 4.66. The van der Waals surface area contributed by atoms with Crippen LogP contribution in [0.5, 0.6) is 0 Å². The molecule has 1 heterocycles. The van der Waals surface area contributed by atoms with Crippen LogP contribution in [0.3, 0.4) is 0 Å². The second-order valence-electron chi connectivity index (χ2n) is 5.92. The Morgan fingerprint density at radius 1 is 1.24 bits per heavy atom. The summed E-state index contributed by atoms with van der Waals surface area (Å²) in [7, 11) is 0. The summed E-state index contributed by atoms with van der Waals surface area (Å²) in [6.45, 7) is 2.59. The van der Waals surface area contributed by atoms with E-state index < -0.39 is 5.92 Å². The van der Waals surface area contributed by atoms with Crippen molar-refractivity contribution in [1.82, 2.24) is 0 Å². The number of anilines is 2. The second kappa shape index (κ2) is 7.23. The molecule has 2 aromatic carbocycles. The highest BCUT2D eigenvalue weighted by Gasteiger charge is 2.37. The number of rotatable bonds is 4. The van der Waals surface area contributed by atoms with E-state index in [1.165, 1.54) is 12.1 Å². The van der Waals surface area contributed by atoms with Crippen molar-refractivity contribution < 1.29 is 14.0 Å². The number of hydrogen-bond acceptors (Lipinski definition) is 2. The summed E-state index contributed by atoms with van der Waals surface area (Å²) >= 11 is 6.17. The number of carbonyl (C=O) groups is 2. The fourth-order valence-corrected chi connectivity index (χ4v) is 3.32. The number of halogens is 2. The van der Waals surface area contributed by atoms with Crippen molar-refractivity contribution in [3.05, 3.63) is 59.4 Å².